The van der Waals surface area contributed by atoms with Crippen molar-refractivity contribution >= 4 is 70.7 Å². The molecule has 0 atom stereocenters. The Morgan fingerprint density at radius 3 is 2.44 bits per heavy atom. The first-order chi connectivity index (χ1) is 8.47. The highest BCUT2D eigenvalue weighted by Gasteiger charge is 2.12. The van der Waals surface area contributed by atoms with Gasteiger partial charge >= 0.3 is 0 Å². The molecule has 1 heterocycles. The molecule has 2 aromatic rings. The summed E-state index contributed by atoms with van der Waals surface area (Å²) in [5, 5.41) is 2.70. The van der Waals surface area contributed by atoms with E-state index < -0.39 is 0 Å². The minimum Gasteiger partial charge on any atom is -0.321 e. The van der Waals surface area contributed by atoms with Crippen molar-refractivity contribution in [2.75, 3.05) is 5.32 Å². The van der Waals surface area contributed by atoms with Crippen LogP contribution in [0.25, 0.3) is 0 Å². The topological polar surface area (TPSA) is 29.1 Å². The van der Waals surface area contributed by atoms with Crippen LogP contribution in [0, 0.1) is 5.82 Å². The molecule has 2 rings (SSSR count). The lowest BCUT2D eigenvalue weighted by atomic mass is 10.3. The summed E-state index contributed by atoms with van der Waals surface area (Å²) in [7, 11) is 0. The number of amides is 1. The second-order valence-electron chi connectivity index (χ2n) is 3.32. The standard InChI is InChI=1S/C11H5Br3FNOS/c12-6-3-5(1-2-8(6)15)16-11(17)9-4-7(13)10(14)18-9/h1-4H,(H,16,17). The Balaban J connectivity index is 2.18. The van der Waals surface area contributed by atoms with Gasteiger partial charge in [-0.3, -0.25) is 4.79 Å². The van der Waals surface area contributed by atoms with Crippen LogP contribution in [-0.2, 0) is 0 Å². The predicted octanol–water partition coefficient (Wildman–Crippen LogP) is 5.43. The van der Waals surface area contributed by atoms with Crippen LogP contribution in [0.1, 0.15) is 9.67 Å². The lowest BCUT2D eigenvalue weighted by Crippen LogP contribution is -2.10. The molecule has 0 aliphatic rings. The molecule has 18 heavy (non-hydrogen) atoms. The van der Waals surface area contributed by atoms with E-state index in [0.29, 0.717) is 15.0 Å². The molecule has 0 saturated heterocycles. The van der Waals surface area contributed by atoms with Gasteiger partial charge in [0.25, 0.3) is 5.91 Å². The third-order valence-corrected chi connectivity index (χ3v) is 5.91. The molecular weight excluding hydrogens is 453 g/mol. The number of anilines is 1. The van der Waals surface area contributed by atoms with Crippen LogP contribution in [0.5, 0.6) is 0 Å². The van der Waals surface area contributed by atoms with Gasteiger partial charge in [-0.15, -0.1) is 11.3 Å². The van der Waals surface area contributed by atoms with Crippen LogP contribution in [0.15, 0.2) is 37.0 Å². The SMILES string of the molecule is O=C(Nc1ccc(F)c(Br)c1)c1cc(Br)c(Br)s1. The molecule has 0 fully saturated rings. The molecule has 0 unspecified atom stereocenters. The summed E-state index contributed by atoms with van der Waals surface area (Å²) < 4.78 is 15.0. The largest absolute Gasteiger partial charge is 0.321 e. The maximum Gasteiger partial charge on any atom is 0.265 e. The summed E-state index contributed by atoms with van der Waals surface area (Å²) >= 11 is 11.0. The zero-order valence-electron chi connectivity index (χ0n) is 8.64. The van der Waals surface area contributed by atoms with Gasteiger partial charge in [0, 0.05) is 10.2 Å². The number of hydrogen-bond acceptors (Lipinski definition) is 2. The Bertz CT molecular complexity index is 595. The minimum absolute atomic E-state index is 0.232. The van der Waals surface area contributed by atoms with Crippen LogP contribution in [0.4, 0.5) is 10.1 Å². The van der Waals surface area contributed by atoms with Gasteiger partial charge in [-0.25, -0.2) is 4.39 Å². The Morgan fingerprint density at radius 1 is 1.17 bits per heavy atom. The first kappa shape index (κ1) is 14.2. The van der Waals surface area contributed by atoms with Crippen LogP contribution in [0.3, 0.4) is 0 Å². The molecule has 1 N–H and O–H groups in total. The van der Waals surface area contributed by atoms with Crippen molar-refractivity contribution in [3.05, 3.63) is 47.7 Å². The molecule has 1 aromatic carbocycles. The lowest BCUT2D eigenvalue weighted by molar-refractivity contribution is 0.103. The number of benzene rings is 1. The van der Waals surface area contributed by atoms with E-state index in [9.17, 15) is 9.18 Å². The fourth-order valence-electron chi connectivity index (χ4n) is 1.23. The molecule has 0 aliphatic carbocycles. The normalized spacial score (nSPS) is 10.4. The van der Waals surface area contributed by atoms with Gasteiger partial charge in [0.2, 0.25) is 0 Å². The number of rotatable bonds is 2. The number of carbonyl (C=O) groups is 1. The molecular formula is C11H5Br3FNOS. The molecule has 0 bridgehead atoms. The molecule has 0 saturated carbocycles. The van der Waals surface area contributed by atoms with E-state index in [2.05, 4.69) is 53.1 Å². The summed E-state index contributed by atoms with van der Waals surface area (Å²) in [5.74, 6) is -0.598. The van der Waals surface area contributed by atoms with Gasteiger partial charge in [0.1, 0.15) is 5.82 Å². The van der Waals surface area contributed by atoms with Gasteiger partial charge in [-0.2, -0.15) is 0 Å². The second kappa shape index (κ2) is 5.81. The number of carbonyl (C=O) groups excluding carboxylic acids is 1. The first-order valence-electron chi connectivity index (χ1n) is 4.68. The van der Waals surface area contributed by atoms with E-state index in [0.717, 1.165) is 8.26 Å². The predicted molar refractivity (Wildman–Crippen MR) is 81.8 cm³/mol. The average molecular weight is 458 g/mol. The smallest absolute Gasteiger partial charge is 0.265 e. The number of hydrogen-bond donors (Lipinski definition) is 1. The fraction of sp³-hybridized carbons (Fsp3) is 0. The van der Waals surface area contributed by atoms with E-state index in [1.54, 1.807) is 6.07 Å². The molecule has 1 amide bonds. The van der Waals surface area contributed by atoms with Crippen molar-refractivity contribution in [3.8, 4) is 0 Å². The van der Waals surface area contributed by atoms with Crippen LogP contribution in [0.2, 0.25) is 0 Å². The van der Waals surface area contributed by atoms with E-state index in [4.69, 9.17) is 0 Å². The van der Waals surface area contributed by atoms with Gasteiger partial charge in [-0.05, 0) is 72.1 Å². The second-order valence-corrected chi connectivity index (χ2v) is 7.39. The Kier molecular flexibility index (Phi) is 4.58. The number of halogens is 4. The quantitative estimate of drug-likeness (QED) is 0.640. The van der Waals surface area contributed by atoms with E-state index in [1.807, 2.05) is 0 Å². The van der Waals surface area contributed by atoms with E-state index in [-0.39, 0.29) is 11.7 Å². The van der Waals surface area contributed by atoms with Crippen molar-refractivity contribution in [1.82, 2.24) is 0 Å². The Morgan fingerprint density at radius 2 is 1.89 bits per heavy atom. The highest BCUT2D eigenvalue weighted by Crippen LogP contribution is 2.32. The van der Waals surface area contributed by atoms with E-state index in [1.165, 1.54) is 29.5 Å². The minimum atomic E-state index is -0.366. The molecule has 0 aliphatic heterocycles. The van der Waals surface area contributed by atoms with Gasteiger partial charge in [0.05, 0.1) is 13.1 Å². The Labute approximate surface area is 132 Å². The summed E-state index contributed by atoms with van der Waals surface area (Å²) in [5.41, 5.74) is 0.536. The van der Waals surface area contributed by atoms with Crippen molar-refractivity contribution in [2.45, 2.75) is 0 Å². The van der Waals surface area contributed by atoms with Crippen molar-refractivity contribution < 1.29 is 9.18 Å². The lowest BCUT2D eigenvalue weighted by Gasteiger charge is -2.04. The summed E-state index contributed by atoms with van der Waals surface area (Å²) in [6, 6.07) is 6.04. The third-order valence-electron chi connectivity index (χ3n) is 2.05. The van der Waals surface area contributed by atoms with E-state index >= 15 is 0 Å². The highest BCUT2D eigenvalue weighted by atomic mass is 79.9. The monoisotopic (exact) mass is 455 g/mol. The molecule has 1 aromatic heterocycles. The van der Waals surface area contributed by atoms with Gasteiger partial charge in [0.15, 0.2) is 0 Å². The fourth-order valence-corrected chi connectivity index (χ4v) is 3.53. The summed E-state index contributed by atoms with van der Waals surface area (Å²) in [6.45, 7) is 0. The number of nitrogens with one attached hydrogen (secondary N) is 1. The summed E-state index contributed by atoms with van der Waals surface area (Å²) in [4.78, 5) is 12.5. The van der Waals surface area contributed by atoms with Crippen molar-refractivity contribution in [1.29, 1.82) is 0 Å². The molecule has 2 nitrogen and oxygen atoms in total. The number of thiophene rings is 1. The average Bonchev–Trinajstić information content (AvgIpc) is 2.65. The Hall–Kier alpha value is -0.240. The van der Waals surface area contributed by atoms with Gasteiger partial charge < -0.3 is 5.32 Å². The zero-order chi connectivity index (χ0) is 13.3. The highest BCUT2D eigenvalue weighted by molar-refractivity contribution is 9.13. The summed E-state index contributed by atoms with van der Waals surface area (Å²) in [6.07, 6.45) is 0. The molecule has 0 radical (unpaired) electrons. The van der Waals surface area contributed by atoms with Crippen LogP contribution in [-0.4, -0.2) is 5.91 Å². The third kappa shape index (κ3) is 3.20. The van der Waals surface area contributed by atoms with Gasteiger partial charge in [-0.1, -0.05) is 0 Å². The molecule has 7 heteroatoms. The maximum atomic E-state index is 13.0. The van der Waals surface area contributed by atoms with Crippen molar-refractivity contribution in [3.63, 3.8) is 0 Å². The molecule has 94 valence electrons. The van der Waals surface area contributed by atoms with Crippen LogP contribution < -0.4 is 5.32 Å². The van der Waals surface area contributed by atoms with Crippen molar-refractivity contribution in [2.24, 2.45) is 0 Å². The first-order valence-corrected chi connectivity index (χ1v) is 7.88. The maximum absolute atomic E-state index is 13.0. The van der Waals surface area contributed by atoms with Crippen LogP contribution >= 0.6 is 59.1 Å². The molecule has 0 spiro atoms. The zero-order valence-corrected chi connectivity index (χ0v) is 14.2.